The molecule has 1 N–H and O–H groups in total. The lowest BCUT2D eigenvalue weighted by atomic mass is 10.1. The van der Waals surface area contributed by atoms with E-state index >= 15 is 0 Å². The van der Waals surface area contributed by atoms with E-state index in [0.29, 0.717) is 12.1 Å². The van der Waals surface area contributed by atoms with E-state index in [1.54, 1.807) is 24.9 Å². The van der Waals surface area contributed by atoms with Crippen molar-refractivity contribution >= 4 is 17.5 Å². The lowest BCUT2D eigenvalue weighted by Gasteiger charge is -2.16. The summed E-state index contributed by atoms with van der Waals surface area (Å²) in [5.74, 6) is 0.0567. The molecule has 0 unspecified atom stereocenters. The van der Waals surface area contributed by atoms with Gasteiger partial charge in [0.05, 0.1) is 0 Å². The zero-order valence-corrected chi connectivity index (χ0v) is 9.41. The molecule has 1 aliphatic rings. The molecule has 16 heavy (non-hydrogen) atoms. The Labute approximate surface area is 94.2 Å². The summed E-state index contributed by atoms with van der Waals surface area (Å²) in [6.45, 7) is 2.23. The maximum absolute atomic E-state index is 11.5. The van der Waals surface area contributed by atoms with Gasteiger partial charge in [-0.15, -0.1) is 0 Å². The molecule has 0 bridgehead atoms. The summed E-state index contributed by atoms with van der Waals surface area (Å²) in [7, 11) is 1.62. The SMILES string of the molecule is CNC(=O)N1CCc2cc(C(C)=O)ccc21. The Hall–Kier alpha value is -1.84. The third kappa shape index (κ3) is 1.66. The van der Waals surface area contributed by atoms with Crippen LogP contribution in [-0.4, -0.2) is 25.4 Å². The number of nitrogens with one attached hydrogen (secondary N) is 1. The van der Waals surface area contributed by atoms with Crippen LogP contribution >= 0.6 is 0 Å². The predicted octanol–water partition coefficient (Wildman–Crippen LogP) is 1.59. The highest BCUT2D eigenvalue weighted by molar-refractivity contribution is 5.97. The summed E-state index contributed by atoms with van der Waals surface area (Å²) in [6.07, 6.45) is 0.809. The minimum absolute atomic E-state index is 0.0567. The van der Waals surface area contributed by atoms with E-state index in [0.717, 1.165) is 17.7 Å². The van der Waals surface area contributed by atoms with Crippen LogP contribution in [0.4, 0.5) is 10.5 Å². The molecule has 2 amide bonds. The van der Waals surface area contributed by atoms with E-state index in [-0.39, 0.29) is 11.8 Å². The van der Waals surface area contributed by atoms with Crippen molar-refractivity contribution in [2.24, 2.45) is 0 Å². The van der Waals surface area contributed by atoms with Crippen LogP contribution in [0.1, 0.15) is 22.8 Å². The van der Waals surface area contributed by atoms with Gasteiger partial charge in [-0.25, -0.2) is 4.79 Å². The van der Waals surface area contributed by atoms with Crippen LogP contribution in [0.15, 0.2) is 18.2 Å². The van der Waals surface area contributed by atoms with Gasteiger partial charge in [-0.2, -0.15) is 0 Å². The summed E-state index contributed by atoms with van der Waals surface area (Å²) in [6, 6.07) is 5.38. The van der Waals surface area contributed by atoms with Crippen molar-refractivity contribution in [3.8, 4) is 0 Å². The van der Waals surface area contributed by atoms with Gasteiger partial charge >= 0.3 is 6.03 Å². The monoisotopic (exact) mass is 218 g/mol. The van der Waals surface area contributed by atoms with Crippen LogP contribution in [0.3, 0.4) is 0 Å². The van der Waals surface area contributed by atoms with E-state index in [2.05, 4.69) is 5.32 Å². The van der Waals surface area contributed by atoms with Crippen LogP contribution in [0.2, 0.25) is 0 Å². The number of amides is 2. The van der Waals surface area contributed by atoms with Crippen LogP contribution in [-0.2, 0) is 6.42 Å². The van der Waals surface area contributed by atoms with Crippen LogP contribution in [0.25, 0.3) is 0 Å². The number of carbonyl (C=O) groups is 2. The molecule has 84 valence electrons. The zero-order chi connectivity index (χ0) is 11.7. The number of urea groups is 1. The minimum atomic E-state index is -0.102. The standard InChI is InChI=1S/C12H14N2O2/c1-8(15)9-3-4-11-10(7-9)5-6-14(11)12(16)13-2/h3-4,7H,5-6H2,1-2H3,(H,13,16). The Morgan fingerprint density at radius 1 is 1.38 bits per heavy atom. The van der Waals surface area contributed by atoms with Gasteiger partial charge in [0.2, 0.25) is 0 Å². The minimum Gasteiger partial charge on any atom is -0.341 e. The first-order chi connectivity index (χ1) is 7.63. The third-order valence-electron chi connectivity index (χ3n) is 2.84. The molecule has 2 rings (SSSR count). The number of benzene rings is 1. The molecule has 0 radical (unpaired) electrons. The van der Waals surface area contributed by atoms with Crippen molar-refractivity contribution in [3.63, 3.8) is 0 Å². The summed E-state index contributed by atoms with van der Waals surface area (Å²) in [4.78, 5) is 24.5. The maximum Gasteiger partial charge on any atom is 0.321 e. The number of hydrogen-bond acceptors (Lipinski definition) is 2. The fourth-order valence-corrected chi connectivity index (χ4v) is 1.97. The highest BCUT2D eigenvalue weighted by atomic mass is 16.2. The van der Waals surface area contributed by atoms with Gasteiger partial charge in [-0.3, -0.25) is 9.69 Å². The number of Topliss-reactive ketones (excluding diaryl/α,β-unsaturated/α-hetero) is 1. The lowest BCUT2D eigenvalue weighted by molar-refractivity contribution is 0.101. The second-order valence-electron chi connectivity index (χ2n) is 3.86. The molecule has 1 aromatic rings. The number of hydrogen-bond donors (Lipinski definition) is 1. The number of carbonyl (C=O) groups excluding carboxylic acids is 2. The number of fused-ring (bicyclic) bond motifs is 1. The Morgan fingerprint density at radius 2 is 2.12 bits per heavy atom. The number of anilines is 1. The third-order valence-corrected chi connectivity index (χ3v) is 2.84. The fourth-order valence-electron chi connectivity index (χ4n) is 1.97. The van der Waals surface area contributed by atoms with Crippen LogP contribution < -0.4 is 10.2 Å². The Bertz CT molecular complexity index is 454. The molecule has 0 aliphatic carbocycles. The molecule has 0 saturated carbocycles. The highest BCUT2D eigenvalue weighted by Crippen LogP contribution is 2.28. The van der Waals surface area contributed by atoms with Crippen LogP contribution in [0, 0.1) is 0 Å². The maximum atomic E-state index is 11.5. The molecule has 1 heterocycles. The van der Waals surface area contributed by atoms with Crippen LogP contribution in [0.5, 0.6) is 0 Å². The molecule has 0 aromatic heterocycles. The average Bonchev–Trinajstić information content (AvgIpc) is 2.70. The normalized spacial score (nSPS) is 13.5. The smallest absolute Gasteiger partial charge is 0.321 e. The van der Waals surface area contributed by atoms with Gasteiger partial charge in [0.1, 0.15) is 0 Å². The molecule has 4 heteroatoms. The molecule has 1 aliphatic heterocycles. The van der Waals surface area contributed by atoms with Crippen molar-refractivity contribution < 1.29 is 9.59 Å². The van der Waals surface area contributed by atoms with Gasteiger partial charge in [-0.05, 0) is 37.1 Å². The average molecular weight is 218 g/mol. The van der Waals surface area contributed by atoms with Crippen molar-refractivity contribution in [2.45, 2.75) is 13.3 Å². The Kier molecular flexibility index (Phi) is 2.64. The first kappa shape index (κ1) is 10.7. The second-order valence-corrected chi connectivity index (χ2v) is 3.86. The van der Waals surface area contributed by atoms with Gasteiger partial charge < -0.3 is 5.32 Å². The number of nitrogens with zero attached hydrogens (tertiary/aromatic N) is 1. The molecule has 0 fully saturated rings. The van der Waals surface area contributed by atoms with E-state index < -0.39 is 0 Å². The zero-order valence-electron chi connectivity index (χ0n) is 9.41. The second kappa shape index (κ2) is 3.96. The van der Waals surface area contributed by atoms with Gasteiger partial charge in [0, 0.05) is 24.8 Å². The summed E-state index contributed by atoms with van der Waals surface area (Å²) < 4.78 is 0. The number of ketones is 1. The fraction of sp³-hybridized carbons (Fsp3) is 0.333. The van der Waals surface area contributed by atoms with E-state index in [9.17, 15) is 9.59 Å². The van der Waals surface area contributed by atoms with Gasteiger partial charge in [0.15, 0.2) is 5.78 Å². The summed E-state index contributed by atoms with van der Waals surface area (Å²) in [5, 5.41) is 2.61. The Morgan fingerprint density at radius 3 is 2.75 bits per heavy atom. The molecule has 0 spiro atoms. The summed E-state index contributed by atoms with van der Waals surface area (Å²) >= 11 is 0. The van der Waals surface area contributed by atoms with Crippen molar-refractivity contribution in [2.75, 3.05) is 18.5 Å². The quantitative estimate of drug-likeness (QED) is 0.728. The summed E-state index contributed by atoms with van der Waals surface area (Å²) in [5.41, 5.74) is 2.68. The molecular weight excluding hydrogens is 204 g/mol. The van der Waals surface area contributed by atoms with Gasteiger partial charge in [0.25, 0.3) is 0 Å². The molecule has 0 atom stereocenters. The predicted molar refractivity (Wildman–Crippen MR) is 62.0 cm³/mol. The largest absolute Gasteiger partial charge is 0.341 e. The van der Waals surface area contributed by atoms with Crippen molar-refractivity contribution in [3.05, 3.63) is 29.3 Å². The highest BCUT2D eigenvalue weighted by Gasteiger charge is 2.24. The van der Waals surface area contributed by atoms with E-state index in [1.165, 1.54) is 0 Å². The lowest BCUT2D eigenvalue weighted by Crippen LogP contribution is -2.36. The van der Waals surface area contributed by atoms with Crippen molar-refractivity contribution in [1.82, 2.24) is 5.32 Å². The number of rotatable bonds is 1. The molecule has 0 saturated heterocycles. The molecule has 4 nitrogen and oxygen atoms in total. The van der Waals surface area contributed by atoms with Gasteiger partial charge in [-0.1, -0.05) is 0 Å². The first-order valence-electron chi connectivity index (χ1n) is 5.26. The molecular formula is C12H14N2O2. The van der Waals surface area contributed by atoms with Crippen molar-refractivity contribution in [1.29, 1.82) is 0 Å². The first-order valence-corrected chi connectivity index (χ1v) is 5.26. The Balaban J connectivity index is 2.36. The topological polar surface area (TPSA) is 49.4 Å². The van der Waals surface area contributed by atoms with E-state index in [4.69, 9.17) is 0 Å². The molecule has 1 aromatic carbocycles. The van der Waals surface area contributed by atoms with E-state index in [1.807, 2.05) is 12.1 Å².